The summed E-state index contributed by atoms with van der Waals surface area (Å²) < 4.78 is 16.5. The summed E-state index contributed by atoms with van der Waals surface area (Å²) in [6.45, 7) is 4.80. The molecule has 0 saturated heterocycles. The van der Waals surface area contributed by atoms with Crippen LogP contribution in [0.2, 0.25) is 0 Å². The summed E-state index contributed by atoms with van der Waals surface area (Å²) in [5.41, 5.74) is 3.40. The molecule has 0 aliphatic heterocycles. The number of esters is 1. The number of hydrogen-bond acceptors (Lipinski definition) is 7. The van der Waals surface area contributed by atoms with Gasteiger partial charge in [0.15, 0.2) is 11.5 Å². The zero-order valence-electron chi connectivity index (χ0n) is 25.4. The van der Waals surface area contributed by atoms with Crippen LogP contribution in [0, 0.1) is 0 Å². The lowest BCUT2D eigenvalue weighted by Crippen LogP contribution is -2.34. The fourth-order valence-electron chi connectivity index (χ4n) is 4.11. The highest BCUT2D eigenvalue weighted by atomic mass is 16.6. The fourth-order valence-corrected chi connectivity index (χ4v) is 4.11. The third kappa shape index (κ3) is 14.1. The minimum absolute atomic E-state index is 0.136. The molecule has 0 spiro atoms. The lowest BCUT2D eigenvalue weighted by Gasteiger charge is -2.10. The topological polar surface area (TPSA) is 115 Å². The molecule has 2 rings (SSSR count). The Morgan fingerprint density at radius 3 is 2.12 bits per heavy atom. The largest absolute Gasteiger partial charge is 0.494 e. The van der Waals surface area contributed by atoms with E-state index in [1.54, 1.807) is 42.5 Å². The number of hydrogen-bond donors (Lipinski definition) is 2. The SMILES string of the molecule is CCCCCCCCCCCC(=O)NCC(=O)N/N=C\c1ccc(OC(=O)c2ccc(OCCCC)cc2)c(OC)c1. The Morgan fingerprint density at radius 2 is 1.45 bits per heavy atom. The molecule has 0 saturated carbocycles. The Bertz CT molecular complexity index is 1120. The fraction of sp³-hybridized carbons (Fsp3) is 0.515. The molecular weight excluding hydrogens is 534 g/mol. The van der Waals surface area contributed by atoms with Crippen molar-refractivity contribution >= 4 is 24.0 Å². The number of benzene rings is 2. The summed E-state index contributed by atoms with van der Waals surface area (Å²) in [4.78, 5) is 36.7. The van der Waals surface area contributed by atoms with Gasteiger partial charge in [0.2, 0.25) is 5.91 Å². The van der Waals surface area contributed by atoms with E-state index < -0.39 is 11.9 Å². The average molecular weight is 582 g/mol. The van der Waals surface area contributed by atoms with Crippen LogP contribution in [-0.2, 0) is 9.59 Å². The normalized spacial score (nSPS) is 10.8. The molecule has 0 unspecified atom stereocenters. The number of amides is 2. The van der Waals surface area contributed by atoms with E-state index >= 15 is 0 Å². The van der Waals surface area contributed by atoms with Crippen molar-refractivity contribution in [1.82, 2.24) is 10.7 Å². The molecule has 0 aromatic heterocycles. The maximum absolute atomic E-state index is 12.6. The van der Waals surface area contributed by atoms with E-state index in [4.69, 9.17) is 14.2 Å². The minimum atomic E-state index is -0.526. The summed E-state index contributed by atoms with van der Waals surface area (Å²) in [6, 6.07) is 11.7. The summed E-state index contributed by atoms with van der Waals surface area (Å²) in [6.07, 6.45) is 14.5. The van der Waals surface area contributed by atoms with E-state index in [0.29, 0.717) is 35.7 Å². The van der Waals surface area contributed by atoms with Crippen molar-refractivity contribution in [2.45, 2.75) is 90.9 Å². The molecule has 0 aliphatic rings. The number of carbonyl (C=O) groups excluding carboxylic acids is 3. The molecule has 230 valence electrons. The van der Waals surface area contributed by atoms with Crippen molar-refractivity contribution in [3.05, 3.63) is 53.6 Å². The lowest BCUT2D eigenvalue weighted by molar-refractivity contribution is -0.126. The summed E-state index contributed by atoms with van der Waals surface area (Å²) >= 11 is 0. The first-order valence-electron chi connectivity index (χ1n) is 15.2. The van der Waals surface area contributed by atoms with Gasteiger partial charge in [-0.2, -0.15) is 5.10 Å². The van der Waals surface area contributed by atoms with Crippen LogP contribution in [0.1, 0.15) is 107 Å². The van der Waals surface area contributed by atoms with Crippen molar-refractivity contribution < 1.29 is 28.6 Å². The number of hydrazone groups is 1. The number of nitrogens with one attached hydrogen (secondary N) is 2. The van der Waals surface area contributed by atoms with Crippen LogP contribution in [0.25, 0.3) is 0 Å². The zero-order chi connectivity index (χ0) is 30.4. The van der Waals surface area contributed by atoms with Crippen molar-refractivity contribution in [3.63, 3.8) is 0 Å². The zero-order valence-corrected chi connectivity index (χ0v) is 25.4. The molecule has 0 fully saturated rings. The molecule has 0 heterocycles. The molecule has 0 bridgehead atoms. The number of nitrogens with zero attached hydrogens (tertiary/aromatic N) is 1. The predicted molar refractivity (Wildman–Crippen MR) is 165 cm³/mol. The van der Waals surface area contributed by atoms with Crippen LogP contribution >= 0.6 is 0 Å². The number of carbonyl (C=O) groups is 3. The second kappa shape index (κ2) is 20.9. The first-order valence-corrected chi connectivity index (χ1v) is 15.2. The molecular formula is C33H47N3O6. The predicted octanol–water partition coefficient (Wildman–Crippen LogP) is 6.58. The van der Waals surface area contributed by atoms with Crippen molar-refractivity contribution in [2.75, 3.05) is 20.3 Å². The molecule has 9 heteroatoms. The first kappa shape index (κ1) is 34.3. The molecule has 42 heavy (non-hydrogen) atoms. The van der Waals surface area contributed by atoms with Crippen molar-refractivity contribution in [2.24, 2.45) is 5.10 Å². The minimum Gasteiger partial charge on any atom is -0.494 e. The van der Waals surface area contributed by atoms with Gasteiger partial charge in [-0.25, -0.2) is 10.2 Å². The van der Waals surface area contributed by atoms with Gasteiger partial charge in [-0.1, -0.05) is 71.6 Å². The van der Waals surface area contributed by atoms with E-state index in [-0.39, 0.29) is 18.2 Å². The maximum atomic E-state index is 12.6. The van der Waals surface area contributed by atoms with Crippen molar-refractivity contribution in [1.29, 1.82) is 0 Å². The molecule has 2 amide bonds. The second-order valence-electron chi connectivity index (χ2n) is 10.2. The Labute approximate surface area is 250 Å². The third-order valence-corrected chi connectivity index (χ3v) is 6.60. The Hall–Kier alpha value is -3.88. The average Bonchev–Trinajstić information content (AvgIpc) is 3.00. The number of unbranched alkanes of at least 4 members (excludes halogenated alkanes) is 9. The molecule has 0 radical (unpaired) electrons. The highest BCUT2D eigenvalue weighted by molar-refractivity contribution is 5.92. The summed E-state index contributed by atoms with van der Waals surface area (Å²) in [7, 11) is 1.47. The lowest BCUT2D eigenvalue weighted by atomic mass is 10.1. The van der Waals surface area contributed by atoms with Gasteiger partial charge in [0.05, 0.1) is 32.0 Å². The molecule has 2 aromatic carbocycles. The molecule has 9 nitrogen and oxygen atoms in total. The summed E-state index contributed by atoms with van der Waals surface area (Å²) in [5.74, 6) is 0.199. The van der Waals surface area contributed by atoms with E-state index in [1.807, 2.05) is 0 Å². The van der Waals surface area contributed by atoms with Crippen LogP contribution in [0.15, 0.2) is 47.6 Å². The highest BCUT2D eigenvalue weighted by Crippen LogP contribution is 2.28. The van der Waals surface area contributed by atoms with Crippen LogP contribution in [-0.4, -0.2) is 44.3 Å². The van der Waals surface area contributed by atoms with Gasteiger partial charge >= 0.3 is 5.97 Å². The van der Waals surface area contributed by atoms with Gasteiger partial charge in [-0.3, -0.25) is 9.59 Å². The molecule has 0 atom stereocenters. The highest BCUT2D eigenvalue weighted by Gasteiger charge is 2.13. The van der Waals surface area contributed by atoms with E-state index in [0.717, 1.165) is 32.1 Å². The Morgan fingerprint density at radius 1 is 0.786 bits per heavy atom. The quantitative estimate of drug-likeness (QED) is 0.0566. The van der Waals surface area contributed by atoms with Gasteiger partial charge in [-0.15, -0.1) is 0 Å². The van der Waals surface area contributed by atoms with Crippen LogP contribution in [0.3, 0.4) is 0 Å². The number of ether oxygens (including phenoxy) is 3. The van der Waals surface area contributed by atoms with E-state index in [9.17, 15) is 14.4 Å². The second-order valence-corrected chi connectivity index (χ2v) is 10.2. The van der Waals surface area contributed by atoms with E-state index in [2.05, 4.69) is 29.7 Å². The van der Waals surface area contributed by atoms with Gasteiger partial charge < -0.3 is 19.5 Å². The monoisotopic (exact) mass is 581 g/mol. The first-order chi connectivity index (χ1) is 20.5. The van der Waals surface area contributed by atoms with Gasteiger partial charge in [0.25, 0.3) is 5.91 Å². The molecule has 2 N–H and O–H groups in total. The third-order valence-electron chi connectivity index (χ3n) is 6.60. The molecule has 2 aromatic rings. The van der Waals surface area contributed by atoms with Gasteiger partial charge in [0.1, 0.15) is 5.75 Å². The molecule has 0 aliphatic carbocycles. The number of rotatable bonds is 21. The van der Waals surface area contributed by atoms with Gasteiger partial charge in [0, 0.05) is 6.42 Å². The van der Waals surface area contributed by atoms with Crippen molar-refractivity contribution in [3.8, 4) is 17.2 Å². The van der Waals surface area contributed by atoms with Crippen LogP contribution in [0.4, 0.5) is 0 Å². The summed E-state index contributed by atoms with van der Waals surface area (Å²) in [5, 5.41) is 6.57. The number of methoxy groups -OCH3 is 1. The van der Waals surface area contributed by atoms with Crippen LogP contribution in [0.5, 0.6) is 17.2 Å². The smallest absolute Gasteiger partial charge is 0.343 e. The van der Waals surface area contributed by atoms with E-state index in [1.165, 1.54) is 51.8 Å². The van der Waals surface area contributed by atoms with Gasteiger partial charge in [-0.05, 0) is 60.9 Å². The standard InChI is InChI=1S/C33H47N3O6/c1-4-6-8-9-10-11-12-13-14-15-31(37)34-25-32(38)36-35-24-26-16-21-29(30(23-26)40-3)42-33(39)27-17-19-28(20-18-27)41-22-7-5-2/h16-21,23-24H,4-15,22,25H2,1-3H3,(H,34,37)(H,36,38)/b35-24-. The maximum Gasteiger partial charge on any atom is 0.343 e. The Kier molecular flexibility index (Phi) is 17.1. The van der Waals surface area contributed by atoms with Crippen LogP contribution < -0.4 is 25.0 Å². The Balaban J connectivity index is 1.71.